The largest absolute Gasteiger partial charge is 0 e. The van der Waals surface area contributed by atoms with Crippen molar-refractivity contribution in [3.8, 4) is 0 Å². The Hall–Kier alpha value is 1.97. The van der Waals surface area contributed by atoms with Gasteiger partial charge in [0, 0.05) is 44.1 Å². The van der Waals surface area contributed by atoms with Gasteiger partial charge >= 0.3 is 23.7 Å². The van der Waals surface area contributed by atoms with Crippen molar-refractivity contribution in [3.05, 3.63) is 0 Å². The molecule has 0 saturated carbocycles. The Morgan fingerprint density at radius 3 is 1.25 bits per heavy atom. The SMILES string of the molecule is [Nb].[O]=[Ti].[Ti]. The summed E-state index contributed by atoms with van der Waals surface area (Å²) in [6, 6.07) is 0. The fraction of sp³-hybridized carbons (Fsp3) is 0. The van der Waals surface area contributed by atoms with Crippen molar-refractivity contribution >= 4 is 0 Å². The monoisotopic (exact) mass is 205 g/mol. The second-order valence-electron chi connectivity index (χ2n) is 0. The molecule has 0 spiro atoms. The molecule has 0 N–H and O–H groups in total. The minimum Gasteiger partial charge on any atom is 0 e. The molecule has 0 aliphatic heterocycles. The molecule has 1 radical (unpaired) electrons. The second kappa shape index (κ2) is 20.2. The molecule has 0 heterocycles. The molecule has 0 rings (SSSR count). The van der Waals surface area contributed by atoms with Crippen LogP contribution < -0.4 is 0 Å². The zero-order valence-electron chi connectivity index (χ0n) is 1.86. The van der Waals surface area contributed by atoms with Gasteiger partial charge in [0.15, 0.2) is 0 Å². The molecular weight excluding hydrogens is 205 g/mol. The Kier molecular flexibility index (Phi) is 84.4. The van der Waals surface area contributed by atoms with Crippen LogP contribution in [0.2, 0.25) is 0 Å². The molecule has 4 heavy (non-hydrogen) atoms. The molecule has 1 nitrogen and oxygen atoms in total. The van der Waals surface area contributed by atoms with Gasteiger partial charge < -0.3 is 0 Å². The first-order chi connectivity index (χ1) is 1.00. The summed E-state index contributed by atoms with van der Waals surface area (Å²) in [7, 11) is 0. The van der Waals surface area contributed by atoms with Crippen LogP contribution in [-0.4, -0.2) is 0 Å². The summed E-state index contributed by atoms with van der Waals surface area (Å²) in [4.78, 5) is 0. The van der Waals surface area contributed by atoms with Crippen molar-refractivity contribution < 1.29 is 67.8 Å². The Labute approximate surface area is 67.0 Å². The Balaban J connectivity index is -0.00000000500. The average molecular weight is 205 g/mol. The molecular formula is NbOTi2. The molecule has 0 atom stereocenters. The third kappa shape index (κ3) is 9.02. The van der Waals surface area contributed by atoms with Crippen LogP contribution in [0.1, 0.15) is 0 Å². The first-order valence-corrected chi connectivity index (χ1v) is 0.842. The Morgan fingerprint density at radius 1 is 1.25 bits per heavy atom. The van der Waals surface area contributed by atoms with Crippen LogP contribution in [-0.2, 0) is 67.8 Å². The first-order valence-electron chi connectivity index (χ1n) is 0.204. The van der Waals surface area contributed by atoms with E-state index in [1.807, 2.05) is 0 Å². The Morgan fingerprint density at radius 2 is 1.25 bits per heavy atom. The molecule has 0 saturated heterocycles. The number of hydrogen-bond acceptors (Lipinski definition) is 1. The van der Waals surface area contributed by atoms with E-state index < -0.39 is 0 Å². The normalized spacial score (nSPS) is 0.750. The fourth-order valence-electron chi connectivity index (χ4n) is 0. The molecule has 0 aliphatic rings. The number of rotatable bonds is 0. The van der Waals surface area contributed by atoms with Gasteiger partial charge in [-0.15, -0.1) is 0 Å². The summed E-state index contributed by atoms with van der Waals surface area (Å²) in [6.07, 6.45) is 0. The molecule has 0 unspecified atom stereocenters. The summed E-state index contributed by atoms with van der Waals surface area (Å²) < 4.78 is 8.25. The van der Waals surface area contributed by atoms with Gasteiger partial charge in [0.25, 0.3) is 0 Å². The van der Waals surface area contributed by atoms with E-state index in [-0.39, 0.29) is 44.1 Å². The van der Waals surface area contributed by atoms with E-state index in [1.54, 1.807) is 0 Å². The van der Waals surface area contributed by atoms with Gasteiger partial charge in [-0.25, -0.2) is 0 Å². The van der Waals surface area contributed by atoms with Crippen molar-refractivity contribution in [2.75, 3.05) is 0 Å². The molecule has 0 aliphatic carbocycles. The zero-order chi connectivity index (χ0) is 2.00. The predicted molar refractivity (Wildman–Crippen MR) is 0.686 cm³/mol. The van der Waals surface area contributed by atoms with Gasteiger partial charge in [0.2, 0.25) is 0 Å². The van der Waals surface area contributed by atoms with E-state index in [2.05, 4.69) is 0 Å². The van der Waals surface area contributed by atoms with Crippen molar-refractivity contribution in [2.24, 2.45) is 0 Å². The summed E-state index contributed by atoms with van der Waals surface area (Å²) in [5.41, 5.74) is 0. The summed E-state index contributed by atoms with van der Waals surface area (Å²) >= 11 is 0.750. The van der Waals surface area contributed by atoms with E-state index in [4.69, 9.17) is 3.32 Å². The van der Waals surface area contributed by atoms with E-state index in [0.29, 0.717) is 0 Å². The fourth-order valence-corrected chi connectivity index (χ4v) is 0. The molecule has 0 aromatic heterocycles. The number of hydrogen-bond donors (Lipinski definition) is 0. The maximum absolute atomic E-state index is 8.25. The Bertz CT molecular complexity index is 6.00. The molecule has 0 fully saturated rings. The second-order valence-corrected chi connectivity index (χ2v) is 0. The maximum Gasteiger partial charge on any atom is 0 e. The van der Waals surface area contributed by atoms with E-state index in [9.17, 15) is 0 Å². The van der Waals surface area contributed by atoms with E-state index in [1.165, 1.54) is 0 Å². The van der Waals surface area contributed by atoms with Crippen LogP contribution in [0.25, 0.3) is 0 Å². The predicted octanol–water partition coefficient (Wildman–Crippen LogP) is -0.126. The maximum atomic E-state index is 8.25. The van der Waals surface area contributed by atoms with Gasteiger partial charge in [-0.2, -0.15) is 0 Å². The van der Waals surface area contributed by atoms with Gasteiger partial charge in [0.05, 0.1) is 0 Å². The molecule has 0 aromatic carbocycles. The van der Waals surface area contributed by atoms with Gasteiger partial charge in [0.1, 0.15) is 0 Å². The van der Waals surface area contributed by atoms with Crippen LogP contribution in [0.4, 0.5) is 0 Å². The van der Waals surface area contributed by atoms with E-state index in [0.717, 1.165) is 20.4 Å². The molecule has 19 valence electrons. The third-order valence-electron chi connectivity index (χ3n) is 0. The van der Waals surface area contributed by atoms with Crippen molar-refractivity contribution in [2.45, 2.75) is 0 Å². The van der Waals surface area contributed by atoms with Crippen LogP contribution in [0.5, 0.6) is 0 Å². The summed E-state index contributed by atoms with van der Waals surface area (Å²) in [6.45, 7) is 0. The standard InChI is InChI=1S/Nb.O.2Ti. The van der Waals surface area contributed by atoms with E-state index >= 15 is 0 Å². The molecule has 4 heteroatoms. The average Bonchev–Trinajstić information content (AvgIpc) is 1.00. The summed E-state index contributed by atoms with van der Waals surface area (Å²) in [5.74, 6) is 0. The zero-order valence-corrected chi connectivity index (χ0v) is 7.18. The third-order valence-corrected chi connectivity index (χ3v) is 0. The summed E-state index contributed by atoms with van der Waals surface area (Å²) in [5, 5.41) is 0. The minimum absolute atomic E-state index is 0. The molecule has 0 amide bonds. The topological polar surface area (TPSA) is 17.1 Å². The first kappa shape index (κ1) is 16.7. The van der Waals surface area contributed by atoms with Gasteiger partial charge in [-0.3, -0.25) is 0 Å². The van der Waals surface area contributed by atoms with Crippen LogP contribution >= 0.6 is 0 Å². The van der Waals surface area contributed by atoms with Crippen LogP contribution in [0.15, 0.2) is 0 Å². The molecule has 0 aromatic rings. The quantitative estimate of drug-likeness (QED) is 0.503. The van der Waals surface area contributed by atoms with Crippen LogP contribution in [0, 0.1) is 0 Å². The van der Waals surface area contributed by atoms with Gasteiger partial charge in [-0.1, -0.05) is 0 Å². The van der Waals surface area contributed by atoms with Crippen molar-refractivity contribution in [1.82, 2.24) is 0 Å². The smallest absolute Gasteiger partial charge is 0 e. The minimum atomic E-state index is 0. The van der Waals surface area contributed by atoms with Crippen LogP contribution in [0.3, 0.4) is 0 Å². The van der Waals surface area contributed by atoms with Gasteiger partial charge in [-0.05, 0) is 0 Å². The van der Waals surface area contributed by atoms with Crippen molar-refractivity contribution in [1.29, 1.82) is 0 Å². The van der Waals surface area contributed by atoms with Crippen molar-refractivity contribution in [3.63, 3.8) is 0 Å². The molecule has 0 bridgehead atoms.